The van der Waals surface area contributed by atoms with Crippen molar-refractivity contribution in [2.75, 3.05) is 19.8 Å². The molecule has 1 aliphatic rings. The molecule has 1 fully saturated rings. The zero-order valence-electron chi connectivity index (χ0n) is 12.0. The van der Waals surface area contributed by atoms with Gasteiger partial charge in [-0.25, -0.2) is 4.79 Å². The standard InChI is InChI=1S/C13H25NO5/c1-13(2,3)14(12(16)17)10(8-15)9-19-11-6-4-5-7-18-11/h10-11,15H,4-9H2,1-3H3,(H,16,17)/t10-,11?/m1/s1. The highest BCUT2D eigenvalue weighted by Gasteiger charge is 2.33. The maximum atomic E-state index is 11.3. The Bertz CT molecular complexity index is 283. The first kappa shape index (κ1) is 16.2. The summed E-state index contributed by atoms with van der Waals surface area (Å²) in [5.74, 6) is 0. The number of amides is 1. The Labute approximate surface area is 114 Å². The molecule has 0 aliphatic carbocycles. The van der Waals surface area contributed by atoms with E-state index in [9.17, 15) is 15.0 Å². The van der Waals surface area contributed by atoms with Gasteiger partial charge in [0, 0.05) is 12.1 Å². The third-order valence-electron chi connectivity index (χ3n) is 3.12. The van der Waals surface area contributed by atoms with Gasteiger partial charge in [0.05, 0.1) is 19.3 Å². The number of aliphatic hydroxyl groups excluding tert-OH is 1. The highest BCUT2D eigenvalue weighted by molar-refractivity contribution is 5.66. The Kier molecular flexibility index (Phi) is 6.03. The molecule has 2 atom stereocenters. The van der Waals surface area contributed by atoms with Crippen LogP contribution in [0.15, 0.2) is 0 Å². The first-order chi connectivity index (χ1) is 8.86. The average molecular weight is 275 g/mol. The highest BCUT2D eigenvalue weighted by atomic mass is 16.7. The molecule has 1 amide bonds. The van der Waals surface area contributed by atoms with Crippen molar-refractivity contribution in [3.63, 3.8) is 0 Å². The van der Waals surface area contributed by atoms with Gasteiger partial charge in [-0.15, -0.1) is 0 Å². The summed E-state index contributed by atoms with van der Waals surface area (Å²) in [5.41, 5.74) is -0.587. The van der Waals surface area contributed by atoms with Gasteiger partial charge in [0.25, 0.3) is 0 Å². The zero-order chi connectivity index (χ0) is 14.5. The maximum absolute atomic E-state index is 11.3. The third-order valence-corrected chi connectivity index (χ3v) is 3.12. The third kappa shape index (κ3) is 4.97. The van der Waals surface area contributed by atoms with Crippen LogP contribution < -0.4 is 0 Å². The van der Waals surface area contributed by atoms with Crippen LogP contribution in [0.4, 0.5) is 4.79 Å². The summed E-state index contributed by atoms with van der Waals surface area (Å²) in [6.07, 6.45) is 1.57. The lowest BCUT2D eigenvalue weighted by Gasteiger charge is -2.39. The fourth-order valence-corrected chi connectivity index (χ4v) is 2.26. The van der Waals surface area contributed by atoms with Crippen LogP contribution in [0.1, 0.15) is 40.0 Å². The molecule has 0 aromatic heterocycles. The number of hydrogen-bond donors (Lipinski definition) is 2. The molecule has 1 aliphatic heterocycles. The summed E-state index contributed by atoms with van der Waals surface area (Å²) in [4.78, 5) is 12.6. The molecule has 1 saturated heterocycles. The number of carbonyl (C=O) groups is 1. The van der Waals surface area contributed by atoms with Crippen molar-refractivity contribution in [2.45, 2.75) is 57.9 Å². The number of aliphatic hydroxyl groups is 1. The Morgan fingerprint density at radius 2 is 2.16 bits per heavy atom. The molecule has 112 valence electrons. The predicted molar refractivity (Wildman–Crippen MR) is 70.0 cm³/mol. The summed E-state index contributed by atoms with van der Waals surface area (Å²) in [6, 6.07) is -0.581. The van der Waals surface area contributed by atoms with Crippen molar-refractivity contribution in [2.24, 2.45) is 0 Å². The largest absolute Gasteiger partial charge is 0.465 e. The van der Waals surface area contributed by atoms with E-state index in [0.717, 1.165) is 19.3 Å². The first-order valence-corrected chi connectivity index (χ1v) is 6.72. The molecular weight excluding hydrogens is 250 g/mol. The molecule has 19 heavy (non-hydrogen) atoms. The molecule has 1 heterocycles. The number of carboxylic acid groups (broad SMARTS) is 1. The van der Waals surface area contributed by atoms with Gasteiger partial charge in [-0.2, -0.15) is 0 Å². The van der Waals surface area contributed by atoms with Crippen molar-refractivity contribution in [3.8, 4) is 0 Å². The molecular formula is C13H25NO5. The lowest BCUT2D eigenvalue weighted by molar-refractivity contribution is -0.174. The molecule has 0 radical (unpaired) electrons. The van der Waals surface area contributed by atoms with Gasteiger partial charge in [-0.05, 0) is 40.0 Å². The second-order valence-corrected chi connectivity index (χ2v) is 5.79. The monoisotopic (exact) mass is 275 g/mol. The van der Waals surface area contributed by atoms with E-state index in [-0.39, 0.29) is 19.5 Å². The Balaban J connectivity index is 2.56. The fourth-order valence-electron chi connectivity index (χ4n) is 2.26. The van der Waals surface area contributed by atoms with Gasteiger partial charge < -0.3 is 19.7 Å². The van der Waals surface area contributed by atoms with Crippen LogP contribution in [-0.4, -0.2) is 58.9 Å². The molecule has 0 aromatic carbocycles. The number of ether oxygens (including phenoxy) is 2. The molecule has 6 heteroatoms. The Morgan fingerprint density at radius 3 is 2.58 bits per heavy atom. The molecule has 0 aromatic rings. The van der Waals surface area contributed by atoms with Crippen LogP contribution in [-0.2, 0) is 9.47 Å². The van der Waals surface area contributed by atoms with E-state index in [1.165, 1.54) is 4.90 Å². The van der Waals surface area contributed by atoms with Gasteiger partial charge in [0.2, 0.25) is 0 Å². The van der Waals surface area contributed by atoms with E-state index in [1.807, 2.05) is 0 Å². The van der Waals surface area contributed by atoms with Gasteiger partial charge in [0.15, 0.2) is 6.29 Å². The highest BCUT2D eigenvalue weighted by Crippen LogP contribution is 2.19. The first-order valence-electron chi connectivity index (χ1n) is 6.72. The SMILES string of the molecule is CC(C)(C)N(C(=O)O)[C@H](CO)COC1CCCCO1. The van der Waals surface area contributed by atoms with Crippen LogP contribution in [0.3, 0.4) is 0 Å². The topological polar surface area (TPSA) is 79.2 Å². The van der Waals surface area contributed by atoms with Gasteiger partial charge >= 0.3 is 6.09 Å². The fraction of sp³-hybridized carbons (Fsp3) is 0.923. The predicted octanol–water partition coefficient (Wildman–Crippen LogP) is 1.67. The lowest BCUT2D eigenvalue weighted by Crippen LogP contribution is -2.54. The van der Waals surface area contributed by atoms with E-state index < -0.39 is 17.7 Å². The minimum absolute atomic E-state index is 0.144. The number of hydrogen-bond acceptors (Lipinski definition) is 4. The van der Waals surface area contributed by atoms with E-state index in [4.69, 9.17) is 9.47 Å². The van der Waals surface area contributed by atoms with Crippen LogP contribution in [0, 0.1) is 0 Å². The minimum Gasteiger partial charge on any atom is -0.465 e. The van der Waals surface area contributed by atoms with Crippen LogP contribution in [0.2, 0.25) is 0 Å². The van der Waals surface area contributed by atoms with Gasteiger partial charge in [0.1, 0.15) is 0 Å². The molecule has 1 rings (SSSR count). The Morgan fingerprint density at radius 1 is 1.47 bits per heavy atom. The average Bonchev–Trinajstić information content (AvgIpc) is 2.33. The number of rotatable bonds is 5. The van der Waals surface area contributed by atoms with E-state index in [2.05, 4.69) is 0 Å². The van der Waals surface area contributed by atoms with Crippen molar-refractivity contribution < 1.29 is 24.5 Å². The normalized spacial score (nSPS) is 22.0. The zero-order valence-corrected chi connectivity index (χ0v) is 12.0. The molecule has 6 nitrogen and oxygen atoms in total. The second-order valence-electron chi connectivity index (χ2n) is 5.79. The summed E-state index contributed by atoms with van der Waals surface area (Å²) >= 11 is 0. The van der Waals surface area contributed by atoms with Crippen molar-refractivity contribution in [3.05, 3.63) is 0 Å². The lowest BCUT2D eigenvalue weighted by atomic mass is 10.0. The molecule has 0 spiro atoms. The van der Waals surface area contributed by atoms with Gasteiger partial charge in [-0.1, -0.05) is 0 Å². The number of nitrogens with zero attached hydrogens (tertiary/aromatic N) is 1. The van der Waals surface area contributed by atoms with Crippen LogP contribution in [0.5, 0.6) is 0 Å². The molecule has 2 N–H and O–H groups in total. The summed E-state index contributed by atoms with van der Waals surface area (Å²) in [6.45, 7) is 5.93. The van der Waals surface area contributed by atoms with Crippen molar-refractivity contribution >= 4 is 6.09 Å². The van der Waals surface area contributed by atoms with Crippen LogP contribution in [0.25, 0.3) is 0 Å². The molecule has 0 saturated carbocycles. The van der Waals surface area contributed by atoms with Crippen molar-refractivity contribution in [1.82, 2.24) is 4.90 Å². The van der Waals surface area contributed by atoms with E-state index in [1.54, 1.807) is 20.8 Å². The van der Waals surface area contributed by atoms with Crippen LogP contribution >= 0.6 is 0 Å². The smallest absolute Gasteiger partial charge is 0.408 e. The summed E-state index contributed by atoms with van der Waals surface area (Å²) < 4.78 is 11.0. The molecule has 1 unspecified atom stereocenters. The maximum Gasteiger partial charge on any atom is 0.408 e. The van der Waals surface area contributed by atoms with E-state index in [0.29, 0.717) is 6.61 Å². The molecule has 0 bridgehead atoms. The quantitative estimate of drug-likeness (QED) is 0.798. The summed E-state index contributed by atoms with van der Waals surface area (Å²) in [7, 11) is 0. The second kappa shape index (κ2) is 7.07. The van der Waals surface area contributed by atoms with Gasteiger partial charge in [-0.3, -0.25) is 4.90 Å². The Hall–Kier alpha value is -0.850. The van der Waals surface area contributed by atoms with Crippen molar-refractivity contribution in [1.29, 1.82) is 0 Å². The summed E-state index contributed by atoms with van der Waals surface area (Å²) in [5, 5.41) is 18.7. The van der Waals surface area contributed by atoms with E-state index >= 15 is 0 Å². The minimum atomic E-state index is -1.06.